The Labute approximate surface area is 193 Å². The number of amides is 2. The minimum absolute atomic E-state index is 0.0873. The van der Waals surface area contributed by atoms with E-state index < -0.39 is 10.2 Å². The summed E-state index contributed by atoms with van der Waals surface area (Å²) in [5.74, 6) is 1.18. The van der Waals surface area contributed by atoms with Crippen LogP contribution in [-0.4, -0.2) is 40.5 Å². The van der Waals surface area contributed by atoms with Gasteiger partial charge in [0.2, 0.25) is 0 Å². The van der Waals surface area contributed by atoms with Crippen LogP contribution in [0.4, 0.5) is 10.5 Å². The maximum atomic E-state index is 11.9. The maximum Gasteiger partial charge on any atom is 0.344 e. The molecule has 2 aromatic rings. The van der Waals surface area contributed by atoms with E-state index in [1.807, 2.05) is 24.3 Å². The van der Waals surface area contributed by atoms with E-state index in [0.717, 1.165) is 37.0 Å². The van der Waals surface area contributed by atoms with Gasteiger partial charge in [-0.05, 0) is 42.7 Å². The summed E-state index contributed by atoms with van der Waals surface area (Å²) in [5.41, 5.74) is 7.61. The predicted molar refractivity (Wildman–Crippen MR) is 127 cm³/mol. The van der Waals surface area contributed by atoms with Gasteiger partial charge in [-0.2, -0.15) is 8.42 Å². The highest BCUT2D eigenvalue weighted by Gasteiger charge is 2.24. The SMILES string of the molecule is COc1ccc(CNC(=O)NCCCCCCOc2cccc3c2C(N)=NS(=O)(=O)N3)cc1. The zero-order valence-electron chi connectivity index (χ0n) is 18.5. The number of carbonyl (C=O) groups is 1. The number of nitrogens with two attached hydrogens (primary N) is 1. The number of anilines is 1. The minimum atomic E-state index is -3.81. The Hall–Kier alpha value is -3.47. The molecule has 178 valence electrons. The Bertz CT molecular complexity index is 1090. The van der Waals surface area contributed by atoms with Crippen LogP contribution in [-0.2, 0) is 16.8 Å². The van der Waals surface area contributed by atoms with Gasteiger partial charge in [0.05, 0.1) is 25.0 Å². The number of nitrogens with one attached hydrogen (secondary N) is 3. The van der Waals surface area contributed by atoms with Crippen LogP contribution in [0.15, 0.2) is 46.9 Å². The van der Waals surface area contributed by atoms with Crippen LogP contribution in [0.5, 0.6) is 11.5 Å². The molecule has 0 fully saturated rings. The average Bonchev–Trinajstić information content (AvgIpc) is 2.78. The number of carbonyl (C=O) groups excluding carboxylic acids is 1. The second-order valence-corrected chi connectivity index (χ2v) is 8.79. The van der Waals surface area contributed by atoms with Crippen molar-refractivity contribution >= 4 is 27.8 Å². The number of nitrogens with zero attached hydrogens (tertiary/aromatic N) is 1. The Morgan fingerprint density at radius 2 is 1.82 bits per heavy atom. The van der Waals surface area contributed by atoms with Crippen molar-refractivity contribution in [3.05, 3.63) is 53.6 Å². The number of benzene rings is 2. The standard InChI is InChI=1S/C22H29N5O5S/c1-31-17-11-9-16(10-12-17)15-25-22(28)24-13-4-2-3-5-14-32-19-8-6-7-18-20(19)21(23)27-33(29,30)26-18/h6-12,26H,2-5,13-15H2,1H3,(H2,23,27)(H2,24,25,28). The summed E-state index contributed by atoms with van der Waals surface area (Å²) >= 11 is 0. The number of amidine groups is 1. The van der Waals surface area contributed by atoms with Gasteiger partial charge in [0.15, 0.2) is 5.84 Å². The van der Waals surface area contributed by atoms with Crippen LogP contribution in [0.25, 0.3) is 0 Å². The molecule has 0 aliphatic carbocycles. The maximum absolute atomic E-state index is 11.9. The van der Waals surface area contributed by atoms with Crippen molar-refractivity contribution in [2.45, 2.75) is 32.2 Å². The molecule has 0 bridgehead atoms. The van der Waals surface area contributed by atoms with E-state index >= 15 is 0 Å². The molecule has 0 atom stereocenters. The number of methoxy groups -OCH3 is 1. The average molecular weight is 476 g/mol. The summed E-state index contributed by atoms with van der Waals surface area (Å²) in [6, 6.07) is 12.4. The molecule has 33 heavy (non-hydrogen) atoms. The van der Waals surface area contributed by atoms with E-state index in [1.54, 1.807) is 25.3 Å². The van der Waals surface area contributed by atoms with Crippen molar-refractivity contribution in [1.29, 1.82) is 0 Å². The topological polar surface area (TPSA) is 144 Å². The van der Waals surface area contributed by atoms with E-state index in [9.17, 15) is 13.2 Å². The lowest BCUT2D eigenvalue weighted by Gasteiger charge is -2.19. The normalized spacial score (nSPS) is 13.8. The van der Waals surface area contributed by atoms with Crippen molar-refractivity contribution in [3.8, 4) is 11.5 Å². The zero-order valence-corrected chi connectivity index (χ0v) is 19.3. The molecule has 5 N–H and O–H groups in total. The molecule has 1 aliphatic heterocycles. The fourth-order valence-corrected chi connectivity index (χ4v) is 4.13. The van der Waals surface area contributed by atoms with Gasteiger partial charge in [-0.3, -0.25) is 4.72 Å². The zero-order chi connectivity index (χ0) is 23.7. The summed E-state index contributed by atoms with van der Waals surface area (Å²) in [4.78, 5) is 11.9. The van der Waals surface area contributed by atoms with E-state index in [0.29, 0.717) is 36.7 Å². The molecule has 2 amide bonds. The van der Waals surface area contributed by atoms with Crippen LogP contribution in [0.2, 0.25) is 0 Å². The molecular formula is C22H29N5O5S. The molecule has 10 nitrogen and oxygen atoms in total. The lowest BCUT2D eigenvalue weighted by Crippen LogP contribution is -2.35. The van der Waals surface area contributed by atoms with Crippen molar-refractivity contribution in [3.63, 3.8) is 0 Å². The Kier molecular flexibility index (Phi) is 8.36. The monoisotopic (exact) mass is 475 g/mol. The van der Waals surface area contributed by atoms with Crippen molar-refractivity contribution in [1.82, 2.24) is 10.6 Å². The number of rotatable bonds is 11. The van der Waals surface area contributed by atoms with E-state index in [4.69, 9.17) is 15.2 Å². The smallest absolute Gasteiger partial charge is 0.344 e. The largest absolute Gasteiger partial charge is 0.497 e. The summed E-state index contributed by atoms with van der Waals surface area (Å²) in [5, 5.41) is 5.67. The Morgan fingerprint density at radius 1 is 1.06 bits per heavy atom. The van der Waals surface area contributed by atoms with Gasteiger partial charge in [-0.1, -0.05) is 31.0 Å². The third kappa shape index (κ3) is 7.28. The molecule has 0 spiro atoms. The molecule has 0 radical (unpaired) electrons. The van der Waals surface area contributed by atoms with Gasteiger partial charge in [0.1, 0.15) is 11.5 Å². The highest BCUT2D eigenvalue weighted by Crippen LogP contribution is 2.30. The van der Waals surface area contributed by atoms with Crippen molar-refractivity contribution in [2.75, 3.05) is 25.0 Å². The second-order valence-electron chi connectivity index (χ2n) is 7.45. The number of unbranched alkanes of at least 4 members (excludes halogenated alkanes) is 3. The Morgan fingerprint density at radius 3 is 2.58 bits per heavy atom. The molecule has 3 rings (SSSR count). The van der Waals surface area contributed by atoms with E-state index in [1.165, 1.54) is 0 Å². The van der Waals surface area contributed by atoms with Gasteiger partial charge in [0, 0.05) is 13.1 Å². The van der Waals surface area contributed by atoms with Gasteiger partial charge in [0.25, 0.3) is 0 Å². The molecule has 1 aliphatic rings. The molecule has 0 unspecified atom stereocenters. The highest BCUT2D eigenvalue weighted by molar-refractivity contribution is 7.91. The van der Waals surface area contributed by atoms with Gasteiger partial charge >= 0.3 is 16.2 Å². The molecule has 1 heterocycles. The number of urea groups is 1. The first kappa shape index (κ1) is 24.2. The van der Waals surface area contributed by atoms with Gasteiger partial charge < -0.3 is 25.8 Å². The van der Waals surface area contributed by atoms with Gasteiger partial charge in [-0.15, -0.1) is 4.40 Å². The summed E-state index contributed by atoms with van der Waals surface area (Å²) in [7, 11) is -2.19. The third-order valence-corrected chi connectivity index (χ3v) is 5.88. The summed E-state index contributed by atoms with van der Waals surface area (Å²) in [6.45, 7) is 1.51. The lowest BCUT2D eigenvalue weighted by molar-refractivity contribution is 0.240. The highest BCUT2D eigenvalue weighted by atomic mass is 32.2. The quantitative estimate of drug-likeness (QED) is 0.368. The van der Waals surface area contributed by atoms with Crippen LogP contribution in [0, 0.1) is 0 Å². The fraction of sp³-hybridized carbons (Fsp3) is 0.364. The van der Waals surface area contributed by atoms with Crippen LogP contribution in [0.3, 0.4) is 0 Å². The van der Waals surface area contributed by atoms with E-state index in [-0.39, 0.29) is 11.9 Å². The van der Waals surface area contributed by atoms with Gasteiger partial charge in [-0.25, -0.2) is 4.79 Å². The molecule has 2 aromatic carbocycles. The first-order valence-corrected chi connectivity index (χ1v) is 12.1. The molecule has 11 heteroatoms. The third-order valence-electron chi connectivity index (χ3n) is 4.97. The predicted octanol–water partition coefficient (Wildman–Crippen LogP) is 2.51. The Balaban J connectivity index is 1.28. The van der Waals surface area contributed by atoms with Crippen molar-refractivity contribution < 1.29 is 22.7 Å². The van der Waals surface area contributed by atoms with Crippen LogP contribution >= 0.6 is 0 Å². The number of hydrogen-bond acceptors (Lipinski definition) is 6. The summed E-state index contributed by atoms with van der Waals surface area (Å²) < 4.78 is 40.0. The number of ether oxygens (including phenoxy) is 2. The fourth-order valence-electron chi connectivity index (χ4n) is 3.29. The first-order chi connectivity index (χ1) is 15.9. The number of hydrogen-bond donors (Lipinski definition) is 4. The minimum Gasteiger partial charge on any atom is -0.497 e. The molecule has 0 aromatic heterocycles. The molecule has 0 saturated carbocycles. The van der Waals surface area contributed by atoms with Crippen LogP contribution < -0.4 is 30.6 Å². The molecule has 0 saturated heterocycles. The summed E-state index contributed by atoms with van der Waals surface area (Å²) in [6.07, 6.45) is 3.55. The second kappa shape index (κ2) is 11.4. The lowest BCUT2D eigenvalue weighted by atomic mass is 10.1. The van der Waals surface area contributed by atoms with Crippen LogP contribution in [0.1, 0.15) is 36.8 Å². The molecular weight excluding hydrogens is 446 g/mol. The van der Waals surface area contributed by atoms with E-state index in [2.05, 4.69) is 19.8 Å². The van der Waals surface area contributed by atoms with Crippen molar-refractivity contribution in [2.24, 2.45) is 10.1 Å². The number of fused-ring (bicyclic) bond motifs is 1. The first-order valence-electron chi connectivity index (χ1n) is 10.7.